The third-order valence-corrected chi connectivity index (χ3v) is 5.49. The van der Waals surface area contributed by atoms with E-state index in [4.69, 9.17) is 0 Å². The molecule has 3 aromatic rings. The molecule has 0 radical (unpaired) electrons. The van der Waals surface area contributed by atoms with E-state index in [1.807, 2.05) is 6.07 Å². The van der Waals surface area contributed by atoms with Gasteiger partial charge in [-0.1, -0.05) is 6.92 Å². The molecule has 1 saturated heterocycles. The molecular formula is C17H21N7O2S. The Bertz CT molecular complexity index is 995. The number of nitrogens with zero attached hydrogens (tertiary/aromatic N) is 6. The fourth-order valence-corrected chi connectivity index (χ4v) is 4.01. The molecule has 1 atom stereocenters. The number of thiazole rings is 1. The van der Waals surface area contributed by atoms with Crippen molar-refractivity contribution in [3.8, 4) is 0 Å². The predicted octanol–water partition coefficient (Wildman–Crippen LogP) is 1.76. The molecule has 0 saturated carbocycles. The number of hydrogen-bond acceptors (Lipinski definition) is 7. The van der Waals surface area contributed by atoms with Crippen LogP contribution in [0.4, 0.5) is 10.9 Å². The first-order chi connectivity index (χ1) is 13.2. The monoisotopic (exact) mass is 387 g/mol. The summed E-state index contributed by atoms with van der Waals surface area (Å²) in [6.45, 7) is 2.96. The second kappa shape index (κ2) is 7.47. The van der Waals surface area contributed by atoms with Crippen LogP contribution >= 0.6 is 11.3 Å². The van der Waals surface area contributed by atoms with Gasteiger partial charge >= 0.3 is 5.69 Å². The van der Waals surface area contributed by atoms with E-state index in [-0.39, 0.29) is 18.1 Å². The van der Waals surface area contributed by atoms with Crippen LogP contribution in [0, 0.1) is 0 Å². The van der Waals surface area contributed by atoms with E-state index in [2.05, 4.69) is 32.2 Å². The maximum Gasteiger partial charge on any atom is 0.352 e. The number of nitrogens with one attached hydrogen (secondary N) is 1. The summed E-state index contributed by atoms with van der Waals surface area (Å²) in [6, 6.07) is 2.32. The van der Waals surface area contributed by atoms with Crippen molar-refractivity contribution in [1.82, 2.24) is 24.1 Å². The van der Waals surface area contributed by atoms with Gasteiger partial charge < -0.3 is 10.2 Å². The molecular weight excluding hydrogens is 366 g/mol. The number of hydrogen-bond donors (Lipinski definition) is 1. The van der Waals surface area contributed by atoms with Crippen LogP contribution in [0.25, 0.3) is 5.78 Å². The van der Waals surface area contributed by atoms with E-state index in [1.165, 1.54) is 22.2 Å². The number of amides is 1. The van der Waals surface area contributed by atoms with E-state index in [0.717, 1.165) is 36.3 Å². The largest absolute Gasteiger partial charge is 0.353 e. The van der Waals surface area contributed by atoms with E-state index >= 15 is 0 Å². The van der Waals surface area contributed by atoms with Crippen LogP contribution in [-0.4, -0.2) is 42.6 Å². The molecule has 1 aliphatic heterocycles. The van der Waals surface area contributed by atoms with Crippen molar-refractivity contribution in [3.05, 3.63) is 34.3 Å². The van der Waals surface area contributed by atoms with Gasteiger partial charge in [0.15, 0.2) is 5.13 Å². The molecule has 0 bridgehead atoms. The molecule has 1 unspecified atom stereocenters. The molecule has 3 aromatic heterocycles. The lowest BCUT2D eigenvalue weighted by Crippen LogP contribution is -2.39. The van der Waals surface area contributed by atoms with Gasteiger partial charge in [-0.05, 0) is 31.7 Å². The Hall–Kier alpha value is -2.75. The van der Waals surface area contributed by atoms with E-state index in [9.17, 15) is 9.59 Å². The van der Waals surface area contributed by atoms with Gasteiger partial charge in [-0.15, -0.1) is 16.4 Å². The Kier molecular flexibility index (Phi) is 4.88. The molecule has 4 heterocycles. The fourth-order valence-electron chi connectivity index (χ4n) is 3.47. The highest BCUT2D eigenvalue weighted by atomic mass is 32.1. The zero-order valence-corrected chi connectivity index (χ0v) is 15.9. The molecule has 1 amide bonds. The third kappa shape index (κ3) is 3.57. The number of fused-ring (bicyclic) bond motifs is 1. The van der Waals surface area contributed by atoms with Gasteiger partial charge in [0.25, 0.3) is 5.78 Å². The molecule has 9 nitrogen and oxygen atoms in total. The highest BCUT2D eigenvalue weighted by Gasteiger charge is 2.23. The molecule has 142 valence electrons. The number of piperidine rings is 1. The first-order valence-electron chi connectivity index (χ1n) is 9.08. The molecule has 1 N–H and O–H groups in total. The Labute approximate surface area is 159 Å². The van der Waals surface area contributed by atoms with E-state index < -0.39 is 0 Å². The van der Waals surface area contributed by atoms with Gasteiger partial charge in [0.05, 0.1) is 0 Å². The number of anilines is 2. The predicted molar refractivity (Wildman–Crippen MR) is 103 cm³/mol. The zero-order chi connectivity index (χ0) is 18.8. The van der Waals surface area contributed by atoms with Crippen LogP contribution in [0.1, 0.15) is 32.6 Å². The Balaban J connectivity index is 1.58. The molecule has 10 heteroatoms. The quantitative estimate of drug-likeness (QED) is 0.716. The summed E-state index contributed by atoms with van der Waals surface area (Å²) < 4.78 is 2.49. The van der Waals surface area contributed by atoms with Gasteiger partial charge in [0, 0.05) is 30.4 Å². The smallest absolute Gasteiger partial charge is 0.352 e. The third-order valence-electron chi connectivity index (χ3n) is 4.80. The van der Waals surface area contributed by atoms with Crippen LogP contribution in [0.2, 0.25) is 0 Å². The normalized spacial score (nSPS) is 17.4. The lowest BCUT2D eigenvalue weighted by Gasteiger charge is -2.36. The summed E-state index contributed by atoms with van der Waals surface area (Å²) >= 11 is 1.32. The zero-order valence-electron chi connectivity index (χ0n) is 15.0. The van der Waals surface area contributed by atoms with Crippen LogP contribution < -0.4 is 15.9 Å². The van der Waals surface area contributed by atoms with Gasteiger partial charge in [-0.2, -0.15) is 4.98 Å². The first kappa shape index (κ1) is 17.7. The maximum atomic E-state index is 12.5. The topological polar surface area (TPSA) is 97.4 Å². The fraction of sp³-hybridized carbons (Fsp3) is 0.471. The van der Waals surface area contributed by atoms with Crippen LogP contribution in [0.3, 0.4) is 0 Å². The SMILES string of the molecule is CCC1CCCCN1c1ccn2c(=O)n(CC(=O)Nc3nccs3)nc2n1. The molecule has 0 aliphatic carbocycles. The summed E-state index contributed by atoms with van der Waals surface area (Å²) in [6.07, 6.45) is 7.88. The summed E-state index contributed by atoms with van der Waals surface area (Å²) in [5.41, 5.74) is -0.385. The van der Waals surface area contributed by atoms with Crippen LogP contribution in [0.5, 0.6) is 0 Å². The van der Waals surface area contributed by atoms with Crippen molar-refractivity contribution in [1.29, 1.82) is 0 Å². The van der Waals surface area contributed by atoms with Crippen molar-refractivity contribution >= 4 is 34.0 Å². The van der Waals surface area contributed by atoms with Crippen molar-refractivity contribution < 1.29 is 4.79 Å². The van der Waals surface area contributed by atoms with Gasteiger partial charge in [-0.3, -0.25) is 4.79 Å². The van der Waals surface area contributed by atoms with Crippen molar-refractivity contribution in [2.45, 2.75) is 45.2 Å². The second-order valence-electron chi connectivity index (χ2n) is 6.53. The Morgan fingerprint density at radius 3 is 3.07 bits per heavy atom. The lowest BCUT2D eigenvalue weighted by atomic mass is 10.0. The van der Waals surface area contributed by atoms with Crippen LogP contribution in [0.15, 0.2) is 28.6 Å². The molecule has 0 aromatic carbocycles. The van der Waals surface area contributed by atoms with E-state index in [0.29, 0.717) is 17.0 Å². The second-order valence-corrected chi connectivity index (χ2v) is 7.43. The number of carbonyl (C=O) groups is 1. The van der Waals surface area contributed by atoms with Gasteiger partial charge in [0.2, 0.25) is 5.91 Å². The molecule has 0 spiro atoms. The highest BCUT2D eigenvalue weighted by molar-refractivity contribution is 7.13. The number of rotatable bonds is 5. The van der Waals surface area contributed by atoms with Crippen molar-refractivity contribution in [3.63, 3.8) is 0 Å². The van der Waals surface area contributed by atoms with Crippen LogP contribution in [-0.2, 0) is 11.3 Å². The minimum atomic E-state index is -0.385. The van der Waals surface area contributed by atoms with E-state index in [1.54, 1.807) is 17.8 Å². The number of carbonyl (C=O) groups excluding carboxylic acids is 1. The standard InChI is InChI=1S/C17H21N7O2S/c1-2-12-5-3-4-8-22(12)13-6-9-23-15(19-13)21-24(17(23)26)11-14(25)20-16-18-7-10-27-16/h6-7,9-10,12H,2-5,8,11H2,1H3,(H,18,20,25). The van der Waals surface area contributed by atoms with Crippen molar-refractivity contribution in [2.75, 3.05) is 16.8 Å². The summed E-state index contributed by atoms with van der Waals surface area (Å²) in [7, 11) is 0. The molecule has 27 heavy (non-hydrogen) atoms. The minimum absolute atomic E-state index is 0.182. The maximum absolute atomic E-state index is 12.5. The summed E-state index contributed by atoms with van der Waals surface area (Å²) in [4.78, 5) is 35.5. The van der Waals surface area contributed by atoms with Gasteiger partial charge in [0.1, 0.15) is 12.4 Å². The molecule has 1 fully saturated rings. The summed E-state index contributed by atoms with van der Waals surface area (Å²) in [5.74, 6) is 0.788. The Morgan fingerprint density at radius 1 is 1.41 bits per heavy atom. The first-order valence-corrected chi connectivity index (χ1v) is 9.96. The summed E-state index contributed by atoms with van der Waals surface area (Å²) in [5, 5.41) is 9.15. The van der Waals surface area contributed by atoms with Crippen molar-refractivity contribution in [2.24, 2.45) is 0 Å². The molecule has 1 aliphatic rings. The Morgan fingerprint density at radius 2 is 2.30 bits per heavy atom. The number of aromatic nitrogens is 5. The highest BCUT2D eigenvalue weighted by Crippen LogP contribution is 2.24. The average molecular weight is 387 g/mol. The molecule has 4 rings (SSSR count). The van der Waals surface area contributed by atoms with Gasteiger partial charge in [-0.25, -0.2) is 18.9 Å². The average Bonchev–Trinajstić information content (AvgIpc) is 3.29. The lowest BCUT2D eigenvalue weighted by molar-refractivity contribution is -0.117. The minimum Gasteiger partial charge on any atom is -0.353 e.